The Balaban J connectivity index is 1.75. The van der Waals surface area contributed by atoms with Crippen LogP contribution < -0.4 is 15.4 Å². The van der Waals surface area contributed by atoms with E-state index in [9.17, 15) is 31.5 Å². The average Bonchev–Trinajstić information content (AvgIpc) is 2.85. The number of amides is 2. The third-order valence-electron chi connectivity index (χ3n) is 5.59. The second-order valence-corrected chi connectivity index (χ2v) is 9.57. The fourth-order valence-corrected chi connectivity index (χ4v) is 4.38. The predicted octanol–water partition coefficient (Wildman–Crippen LogP) is 4.17. The molecule has 1 heterocycles. The smallest absolute Gasteiger partial charge is 0.404 e. The summed E-state index contributed by atoms with van der Waals surface area (Å²) in [5.41, 5.74) is -0.889. The average molecular weight is 572 g/mol. The molecule has 1 aliphatic rings. The molecule has 0 aromatic heterocycles. The zero-order chi connectivity index (χ0) is 28.7. The van der Waals surface area contributed by atoms with Crippen LogP contribution in [0.2, 0.25) is 0 Å². The van der Waals surface area contributed by atoms with E-state index in [1.165, 1.54) is 13.1 Å². The minimum absolute atomic E-state index is 0.0618. The zero-order valence-electron chi connectivity index (χ0n) is 21.1. The Morgan fingerprint density at radius 1 is 1.10 bits per heavy atom. The molecule has 0 unspecified atom stereocenters. The first-order chi connectivity index (χ1) is 18.4. The number of anilines is 1. The summed E-state index contributed by atoms with van der Waals surface area (Å²) in [6.45, 7) is 6.26. The number of piperazine rings is 1. The number of benzene rings is 2. The fraction of sp³-hybridized carbons (Fsp3) is 0.320. The largest absolute Gasteiger partial charge is 0.573 e. The second kappa shape index (κ2) is 13.0. The highest BCUT2D eigenvalue weighted by Gasteiger charge is 2.33. The lowest BCUT2D eigenvalue weighted by Crippen LogP contribution is -2.47. The van der Waals surface area contributed by atoms with Gasteiger partial charge in [0.2, 0.25) is 5.91 Å². The molecule has 0 radical (unpaired) electrons. The summed E-state index contributed by atoms with van der Waals surface area (Å²) in [5.74, 6) is -3.80. The summed E-state index contributed by atoms with van der Waals surface area (Å²) >= 11 is 0.686. The lowest BCUT2D eigenvalue weighted by Gasteiger charge is -2.31. The van der Waals surface area contributed by atoms with Crippen LogP contribution in [0.25, 0.3) is 4.91 Å². The van der Waals surface area contributed by atoms with Crippen molar-refractivity contribution < 1.29 is 36.3 Å². The number of carbonyl (C=O) groups is 2. The number of thioether (sulfide) groups is 1. The van der Waals surface area contributed by atoms with Crippen LogP contribution in [0.1, 0.15) is 15.9 Å². The molecule has 39 heavy (non-hydrogen) atoms. The van der Waals surface area contributed by atoms with Crippen LogP contribution in [-0.4, -0.2) is 80.0 Å². The summed E-state index contributed by atoms with van der Waals surface area (Å²) in [5, 5.41) is 4.73. The van der Waals surface area contributed by atoms with Gasteiger partial charge in [0.25, 0.3) is 5.91 Å². The lowest BCUT2D eigenvalue weighted by molar-refractivity contribution is -0.274. The van der Waals surface area contributed by atoms with Crippen molar-refractivity contribution in [2.45, 2.75) is 6.36 Å². The third-order valence-corrected chi connectivity index (χ3v) is 6.52. The van der Waals surface area contributed by atoms with Gasteiger partial charge in [-0.05, 0) is 37.4 Å². The first-order valence-corrected chi connectivity index (χ1v) is 12.4. The molecule has 8 nitrogen and oxygen atoms in total. The summed E-state index contributed by atoms with van der Waals surface area (Å²) in [6.07, 6.45) is -5.04. The molecule has 1 saturated heterocycles. The Kier molecular flexibility index (Phi) is 10.1. The van der Waals surface area contributed by atoms with Crippen LogP contribution in [0, 0.1) is 11.6 Å². The van der Waals surface area contributed by atoms with Crippen LogP contribution in [-0.2, 0) is 4.79 Å². The van der Waals surface area contributed by atoms with Gasteiger partial charge in [-0.25, -0.2) is 8.78 Å². The van der Waals surface area contributed by atoms with E-state index in [1.54, 1.807) is 0 Å². The van der Waals surface area contributed by atoms with E-state index in [2.05, 4.69) is 31.8 Å². The number of halogens is 5. The number of hydrogen-bond donors (Lipinski definition) is 2. The first kappa shape index (κ1) is 30.1. The molecule has 2 aromatic carbocycles. The van der Waals surface area contributed by atoms with Crippen molar-refractivity contribution in [1.29, 1.82) is 0 Å². The van der Waals surface area contributed by atoms with Gasteiger partial charge < -0.3 is 20.3 Å². The summed E-state index contributed by atoms with van der Waals surface area (Å²) < 4.78 is 71.0. The molecule has 14 heteroatoms. The van der Waals surface area contributed by atoms with Crippen LogP contribution in [0.3, 0.4) is 0 Å². The number of carbonyl (C=O) groups excluding carboxylic acids is 2. The number of nitrogens with one attached hydrogen (secondary N) is 2. The number of nitrogens with zero attached hydrogens (tertiary/aromatic N) is 3. The molecule has 0 aliphatic carbocycles. The van der Waals surface area contributed by atoms with E-state index >= 15 is 0 Å². The monoisotopic (exact) mass is 571 g/mol. The first-order valence-electron chi connectivity index (χ1n) is 11.6. The van der Waals surface area contributed by atoms with E-state index in [0.717, 1.165) is 43.4 Å². The highest BCUT2D eigenvalue weighted by atomic mass is 32.2. The molecule has 1 aliphatic heterocycles. The van der Waals surface area contributed by atoms with Crippen LogP contribution in [0.4, 0.5) is 27.6 Å². The molecule has 0 atom stereocenters. The molecule has 2 aromatic rings. The van der Waals surface area contributed by atoms with Gasteiger partial charge in [-0.15, -0.1) is 13.2 Å². The number of amidine groups is 1. The number of ether oxygens (including phenoxy) is 1. The molecule has 0 saturated carbocycles. The number of aliphatic imine (C=N–C) groups is 1. The van der Waals surface area contributed by atoms with Crippen molar-refractivity contribution in [3.8, 4) is 5.75 Å². The SMILES string of the molecule is C=C(SC(=NC)NC(=O)c1ccc(OC(F)(F)F)c(NC(=O)CN2CCN(C)CC2)c1)c1c(F)cccc1F. The molecule has 1 fully saturated rings. The van der Waals surface area contributed by atoms with Gasteiger partial charge in [-0.1, -0.05) is 24.4 Å². The normalized spacial score (nSPS) is 15.1. The molecular weight excluding hydrogens is 545 g/mol. The number of rotatable bonds is 7. The van der Waals surface area contributed by atoms with Gasteiger partial charge in [0, 0.05) is 43.7 Å². The summed E-state index contributed by atoms with van der Waals surface area (Å²) in [6, 6.07) is 6.29. The van der Waals surface area contributed by atoms with E-state index in [4.69, 9.17) is 0 Å². The van der Waals surface area contributed by atoms with Crippen molar-refractivity contribution in [1.82, 2.24) is 15.1 Å². The Morgan fingerprint density at radius 3 is 2.33 bits per heavy atom. The topological polar surface area (TPSA) is 86.3 Å². The Hall–Kier alpha value is -3.49. The van der Waals surface area contributed by atoms with Crippen LogP contribution in [0.15, 0.2) is 48.0 Å². The summed E-state index contributed by atoms with van der Waals surface area (Å²) in [7, 11) is 3.26. The molecule has 2 amide bonds. The standard InChI is InChI=1S/C25H26F5N5O3S/c1-15(22-17(26)5-4-6-18(22)27)39-24(31-2)33-23(37)16-7-8-20(38-25(28,29)30)19(13-16)32-21(36)14-35-11-9-34(3)10-12-35/h4-8,13H,1,9-12,14H2,2-3H3,(H,32,36)(H,31,33,37). The van der Waals surface area contributed by atoms with Crippen molar-refractivity contribution >= 4 is 39.3 Å². The second-order valence-electron chi connectivity index (χ2n) is 8.49. The maximum atomic E-state index is 14.1. The van der Waals surface area contributed by atoms with Gasteiger partial charge in [0.1, 0.15) is 11.6 Å². The fourth-order valence-electron chi connectivity index (χ4n) is 3.61. The predicted molar refractivity (Wildman–Crippen MR) is 139 cm³/mol. The van der Waals surface area contributed by atoms with E-state index in [1.807, 2.05) is 11.9 Å². The van der Waals surface area contributed by atoms with Gasteiger partial charge in [0.05, 0.1) is 17.8 Å². The van der Waals surface area contributed by atoms with E-state index in [0.29, 0.717) is 24.9 Å². The van der Waals surface area contributed by atoms with Crippen molar-refractivity contribution in [2.75, 3.05) is 52.1 Å². The van der Waals surface area contributed by atoms with Crippen LogP contribution in [0.5, 0.6) is 5.75 Å². The van der Waals surface area contributed by atoms with E-state index in [-0.39, 0.29) is 27.9 Å². The van der Waals surface area contributed by atoms with Crippen molar-refractivity contribution in [3.63, 3.8) is 0 Å². The highest BCUT2D eigenvalue weighted by Crippen LogP contribution is 2.32. The Bertz CT molecular complexity index is 1240. The molecular formula is C25H26F5N5O3S. The minimum Gasteiger partial charge on any atom is -0.404 e. The molecule has 0 spiro atoms. The highest BCUT2D eigenvalue weighted by molar-refractivity contribution is 8.21. The Morgan fingerprint density at radius 2 is 1.74 bits per heavy atom. The van der Waals surface area contributed by atoms with Gasteiger partial charge >= 0.3 is 6.36 Å². The van der Waals surface area contributed by atoms with Gasteiger partial charge in [-0.2, -0.15) is 0 Å². The number of hydrogen-bond acceptors (Lipinski definition) is 7. The molecule has 210 valence electrons. The van der Waals surface area contributed by atoms with Gasteiger partial charge in [0.15, 0.2) is 10.9 Å². The van der Waals surface area contributed by atoms with E-state index < -0.39 is 41.1 Å². The zero-order valence-corrected chi connectivity index (χ0v) is 21.9. The maximum absolute atomic E-state index is 14.1. The quantitative estimate of drug-likeness (QED) is 0.295. The lowest BCUT2D eigenvalue weighted by atomic mass is 10.1. The maximum Gasteiger partial charge on any atom is 0.573 e. The summed E-state index contributed by atoms with van der Waals surface area (Å²) in [4.78, 5) is 33.2. The van der Waals surface area contributed by atoms with Gasteiger partial charge in [-0.3, -0.25) is 19.5 Å². The number of likely N-dealkylation sites (N-methyl/N-ethyl adjacent to an activating group) is 1. The third kappa shape index (κ3) is 8.76. The van der Waals surface area contributed by atoms with Crippen molar-refractivity contribution in [3.05, 3.63) is 65.7 Å². The minimum atomic E-state index is -5.04. The number of alkyl halides is 3. The molecule has 2 N–H and O–H groups in total. The molecule has 0 bridgehead atoms. The van der Waals surface area contributed by atoms with Crippen molar-refractivity contribution in [2.24, 2.45) is 4.99 Å². The molecule has 3 rings (SSSR count). The van der Waals surface area contributed by atoms with Crippen LogP contribution >= 0.6 is 11.8 Å². The Labute approximate surface area is 225 Å².